The summed E-state index contributed by atoms with van der Waals surface area (Å²) < 4.78 is 25.4. The van der Waals surface area contributed by atoms with Gasteiger partial charge in [-0.05, 0) is 13.3 Å². The smallest absolute Gasteiger partial charge is 0.110 e. The molecule has 0 aromatic carbocycles. The quantitative estimate of drug-likeness (QED) is 0.474. The third kappa shape index (κ3) is 8.46. The van der Waals surface area contributed by atoms with E-state index in [0.29, 0.717) is 6.42 Å². The summed E-state index contributed by atoms with van der Waals surface area (Å²) in [4.78, 5) is 0. The normalized spacial score (nSPS) is 15.4. The van der Waals surface area contributed by atoms with Gasteiger partial charge in [0.25, 0.3) is 0 Å². The number of alkyl halides is 2. The summed E-state index contributed by atoms with van der Waals surface area (Å²) in [6, 6.07) is 0. The maximum absolute atomic E-state index is 13.4. The Kier molecular flexibility index (Phi) is 8.11. The van der Waals surface area contributed by atoms with Crippen LogP contribution in [0.1, 0.15) is 65.2 Å². The van der Waals surface area contributed by atoms with Crippen molar-refractivity contribution in [2.75, 3.05) is 6.67 Å². The van der Waals surface area contributed by atoms with Crippen LogP contribution in [0, 0.1) is 0 Å². The predicted octanol–water partition coefficient (Wildman–Crippen LogP) is 4.82. The van der Waals surface area contributed by atoms with E-state index in [-0.39, 0.29) is 6.42 Å². The molecule has 0 nitrogen and oxygen atoms in total. The highest BCUT2D eigenvalue weighted by molar-refractivity contribution is 4.72. The summed E-state index contributed by atoms with van der Waals surface area (Å²) in [5.41, 5.74) is -1.28. The van der Waals surface area contributed by atoms with E-state index in [9.17, 15) is 8.78 Å². The lowest BCUT2D eigenvalue weighted by Crippen LogP contribution is -2.18. The summed E-state index contributed by atoms with van der Waals surface area (Å²) >= 11 is 0. The zero-order valence-corrected chi connectivity index (χ0v) is 9.62. The van der Waals surface area contributed by atoms with Gasteiger partial charge in [0.2, 0.25) is 0 Å². The average Bonchev–Trinajstić information content (AvgIpc) is 2.11. The Labute approximate surface area is 87.1 Å². The highest BCUT2D eigenvalue weighted by Crippen LogP contribution is 2.23. The van der Waals surface area contributed by atoms with Crippen LogP contribution >= 0.6 is 0 Å². The van der Waals surface area contributed by atoms with Crippen LogP contribution in [0.15, 0.2) is 0 Å². The van der Waals surface area contributed by atoms with Crippen molar-refractivity contribution in [3.63, 3.8) is 0 Å². The zero-order valence-electron chi connectivity index (χ0n) is 9.62. The van der Waals surface area contributed by atoms with Crippen LogP contribution in [0.5, 0.6) is 0 Å². The Morgan fingerprint density at radius 2 is 1.50 bits per heavy atom. The molecule has 0 fully saturated rings. The Morgan fingerprint density at radius 3 is 2.07 bits per heavy atom. The highest BCUT2D eigenvalue weighted by Gasteiger charge is 2.21. The SMILES string of the molecule is CCCCCCCCC(C)(F)CCF. The maximum Gasteiger partial charge on any atom is 0.110 e. The number of hydrogen-bond donors (Lipinski definition) is 0. The van der Waals surface area contributed by atoms with Crippen LogP contribution in [-0.2, 0) is 0 Å². The lowest BCUT2D eigenvalue weighted by Gasteiger charge is -2.18. The van der Waals surface area contributed by atoms with Crippen LogP contribution in [0.25, 0.3) is 0 Å². The minimum absolute atomic E-state index is 0.0575. The van der Waals surface area contributed by atoms with Gasteiger partial charge in [0.15, 0.2) is 0 Å². The molecule has 0 bridgehead atoms. The molecule has 0 aliphatic heterocycles. The molecule has 0 saturated heterocycles. The number of rotatable bonds is 9. The number of halogens is 2. The second kappa shape index (κ2) is 8.19. The van der Waals surface area contributed by atoms with Crippen molar-refractivity contribution >= 4 is 0 Å². The maximum atomic E-state index is 13.4. The molecule has 0 aromatic heterocycles. The molecule has 0 saturated carbocycles. The van der Waals surface area contributed by atoms with E-state index in [2.05, 4.69) is 6.92 Å². The first-order chi connectivity index (χ1) is 6.62. The van der Waals surface area contributed by atoms with Crippen LogP contribution in [-0.4, -0.2) is 12.3 Å². The Balaban J connectivity index is 3.26. The second-order valence-electron chi connectivity index (χ2n) is 4.37. The van der Waals surface area contributed by atoms with Gasteiger partial charge in [0.05, 0.1) is 6.67 Å². The molecule has 14 heavy (non-hydrogen) atoms. The lowest BCUT2D eigenvalue weighted by atomic mass is 9.96. The fraction of sp³-hybridized carbons (Fsp3) is 1.00. The van der Waals surface area contributed by atoms with Crippen LogP contribution in [0.4, 0.5) is 8.78 Å². The van der Waals surface area contributed by atoms with Crippen molar-refractivity contribution < 1.29 is 8.78 Å². The Bertz CT molecular complexity index is 121. The number of unbranched alkanes of at least 4 members (excludes halogenated alkanes) is 5. The van der Waals surface area contributed by atoms with Gasteiger partial charge in [-0.15, -0.1) is 0 Å². The first-order valence-corrected chi connectivity index (χ1v) is 5.87. The van der Waals surface area contributed by atoms with E-state index >= 15 is 0 Å². The Morgan fingerprint density at radius 1 is 0.929 bits per heavy atom. The lowest BCUT2D eigenvalue weighted by molar-refractivity contribution is 0.143. The molecule has 0 aromatic rings. The van der Waals surface area contributed by atoms with E-state index in [1.807, 2.05) is 0 Å². The van der Waals surface area contributed by atoms with Crippen LogP contribution in [0.3, 0.4) is 0 Å². The summed E-state index contributed by atoms with van der Waals surface area (Å²) in [6.45, 7) is 3.15. The zero-order chi connectivity index (χ0) is 10.9. The molecule has 1 unspecified atom stereocenters. The summed E-state index contributed by atoms with van der Waals surface area (Å²) in [6.07, 6.45) is 7.52. The molecule has 0 heterocycles. The average molecular weight is 206 g/mol. The van der Waals surface area contributed by atoms with Crippen molar-refractivity contribution in [3.05, 3.63) is 0 Å². The van der Waals surface area contributed by atoms with Gasteiger partial charge < -0.3 is 0 Å². The van der Waals surface area contributed by atoms with Crippen molar-refractivity contribution in [2.24, 2.45) is 0 Å². The molecule has 0 N–H and O–H groups in total. The van der Waals surface area contributed by atoms with Crippen LogP contribution in [0.2, 0.25) is 0 Å². The van der Waals surface area contributed by atoms with Crippen molar-refractivity contribution in [1.82, 2.24) is 0 Å². The molecular weight excluding hydrogens is 182 g/mol. The molecule has 2 heteroatoms. The first kappa shape index (κ1) is 13.9. The van der Waals surface area contributed by atoms with E-state index in [1.54, 1.807) is 0 Å². The highest BCUT2D eigenvalue weighted by atomic mass is 19.1. The summed E-state index contributed by atoms with van der Waals surface area (Å²) in [5.74, 6) is 0. The van der Waals surface area contributed by atoms with Gasteiger partial charge in [-0.3, -0.25) is 4.39 Å². The van der Waals surface area contributed by atoms with Crippen molar-refractivity contribution in [3.8, 4) is 0 Å². The largest absolute Gasteiger partial charge is 0.251 e. The molecular formula is C12H24F2. The molecule has 0 aliphatic carbocycles. The fourth-order valence-corrected chi connectivity index (χ4v) is 1.60. The standard InChI is InChI=1S/C12H24F2/c1-3-4-5-6-7-8-9-12(2,14)10-11-13/h3-11H2,1-2H3. The number of hydrogen-bond acceptors (Lipinski definition) is 0. The van der Waals surface area contributed by atoms with Gasteiger partial charge in [-0.25, -0.2) is 4.39 Å². The fourth-order valence-electron chi connectivity index (χ4n) is 1.60. The monoisotopic (exact) mass is 206 g/mol. The van der Waals surface area contributed by atoms with Crippen LogP contribution < -0.4 is 0 Å². The molecule has 0 spiro atoms. The third-order valence-electron chi connectivity index (χ3n) is 2.67. The topological polar surface area (TPSA) is 0 Å². The Hall–Kier alpha value is -0.140. The summed E-state index contributed by atoms with van der Waals surface area (Å²) in [5, 5.41) is 0. The second-order valence-corrected chi connectivity index (χ2v) is 4.37. The first-order valence-electron chi connectivity index (χ1n) is 5.87. The third-order valence-corrected chi connectivity index (χ3v) is 2.67. The van der Waals surface area contributed by atoms with Gasteiger partial charge in [0.1, 0.15) is 5.67 Å². The van der Waals surface area contributed by atoms with Gasteiger partial charge in [-0.1, -0.05) is 45.4 Å². The van der Waals surface area contributed by atoms with Gasteiger partial charge in [0, 0.05) is 6.42 Å². The minimum atomic E-state index is -1.28. The molecule has 0 aliphatic rings. The van der Waals surface area contributed by atoms with Gasteiger partial charge >= 0.3 is 0 Å². The van der Waals surface area contributed by atoms with E-state index in [4.69, 9.17) is 0 Å². The predicted molar refractivity (Wildman–Crippen MR) is 58.1 cm³/mol. The van der Waals surface area contributed by atoms with Crippen molar-refractivity contribution in [1.29, 1.82) is 0 Å². The summed E-state index contributed by atoms with van der Waals surface area (Å²) in [7, 11) is 0. The molecule has 0 rings (SSSR count). The minimum Gasteiger partial charge on any atom is -0.251 e. The molecule has 0 amide bonds. The molecule has 1 atom stereocenters. The van der Waals surface area contributed by atoms with E-state index < -0.39 is 12.3 Å². The van der Waals surface area contributed by atoms with E-state index in [0.717, 1.165) is 12.8 Å². The van der Waals surface area contributed by atoms with Gasteiger partial charge in [-0.2, -0.15) is 0 Å². The molecule has 86 valence electrons. The van der Waals surface area contributed by atoms with E-state index in [1.165, 1.54) is 32.6 Å². The molecule has 0 radical (unpaired) electrons. The van der Waals surface area contributed by atoms with Crippen molar-refractivity contribution in [2.45, 2.75) is 70.9 Å².